The molecule has 3 rings (SSSR count). The van der Waals surface area contributed by atoms with E-state index in [1.54, 1.807) is 9.58 Å². The molecule has 2 aromatic rings. The van der Waals surface area contributed by atoms with Gasteiger partial charge in [0.1, 0.15) is 0 Å². The van der Waals surface area contributed by atoms with Crippen LogP contribution < -0.4 is 0 Å². The minimum Gasteiger partial charge on any atom is -0.479 e. The Balaban J connectivity index is 1.67. The van der Waals surface area contributed by atoms with Gasteiger partial charge in [0, 0.05) is 25.9 Å². The Bertz CT molecular complexity index is 779. The first-order valence-corrected chi connectivity index (χ1v) is 8.11. The molecule has 1 amide bonds. The van der Waals surface area contributed by atoms with Crippen LogP contribution in [0.3, 0.4) is 0 Å². The number of piperidine rings is 1. The van der Waals surface area contributed by atoms with E-state index < -0.39 is 11.6 Å². The first-order valence-electron chi connectivity index (χ1n) is 8.11. The van der Waals surface area contributed by atoms with E-state index in [0.29, 0.717) is 5.69 Å². The summed E-state index contributed by atoms with van der Waals surface area (Å²) in [4.78, 5) is 25.1. The molecule has 1 aliphatic rings. The zero-order valence-corrected chi connectivity index (χ0v) is 13.9. The smallest absolute Gasteiger partial charge is 0.335 e. The zero-order valence-electron chi connectivity index (χ0n) is 13.9. The highest BCUT2D eigenvalue weighted by molar-refractivity contribution is 5.80. The lowest BCUT2D eigenvalue weighted by Gasteiger charge is -2.35. The predicted molar refractivity (Wildman–Crippen MR) is 88.2 cm³/mol. The summed E-state index contributed by atoms with van der Waals surface area (Å²) < 4.78 is 1.68. The number of amides is 1. The number of aliphatic hydroxyl groups is 1. The molecule has 1 aromatic heterocycles. The van der Waals surface area contributed by atoms with Crippen LogP contribution in [-0.2, 0) is 16.0 Å². The number of para-hydroxylation sites is 1. The third kappa shape index (κ3) is 3.39. The van der Waals surface area contributed by atoms with Gasteiger partial charge in [0.2, 0.25) is 5.91 Å². The largest absolute Gasteiger partial charge is 0.479 e. The van der Waals surface area contributed by atoms with Gasteiger partial charge < -0.3 is 15.1 Å². The fourth-order valence-corrected chi connectivity index (χ4v) is 2.93. The van der Waals surface area contributed by atoms with E-state index >= 15 is 0 Å². The van der Waals surface area contributed by atoms with Crippen LogP contribution in [0.1, 0.15) is 24.2 Å². The minimum atomic E-state index is -1.73. The second-order valence-electron chi connectivity index (χ2n) is 6.26. The summed E-state index contributed by atoms with van der Waals surface area (Å²) in [5.74, 6) is -1.38. The van der Waals surface area contributed by atoms with Crippen molar-refractivity contribution in [3.05, 3.63) is 41.7 Å². The van der Waals surface area contributed by atoms with Gasteiger partial charge in [-0.25, -0.2) is 9.48 Å². The number of nitrogens with zero attached hydrogens (tertiary/aromatic N) is 4. The number of benzene rings is 1. The number of rotatable bonds is 4. The maximum Gasteiger partial charge on any atom is 0.335 e. The predicted octanol–water partition coefficient (Wildman–Crippen LogP) is 0.556. The molecule has 25 heavy (non-hydrogen) atoms. The van der Waals surface area contributed by atoms with Crippen molar-refractivity contribution in [2.45, 2.75) is 31.8 Å². The van der Waals surface area contributed by atoms with Gasteiger partial charge in [-0.05, 0) is 19.1 Å². The first-order chi connectivity index (χ1) is 11.9. The lowest BCUT2D eigenvalue weighted by Crippen LogP contribution is -2.51. The molecule has 0 radical (unpaired) electrons. The number of carboxylic acids is 1. The lowest BCUT2D eigenvalue weighted by molar-refractivity contribution is -0.165. The molecule has 1 aromatic carbocycles. The first kappa shape index (κ1) is 17.1. The summed E-state index contributed by atoms with van der Waals surface area (Å²) in [6, 6.07) is 9.53. The number of hydrogen-bond donors (Lipinski definition) is 2. The van der Waals surface area contributed by atoms with Crippen LogP contribution >= 0.6 is 0 Å². The Morgan fingerprint density at radius 3 is 2.44 bits per heavy atom. The molecule has 132 valence electrons. The molecule has 8 heteroatoms. The fourth-order valence-electron chi connectivity index (χ4n) is 2.93. The third-order valence-electron chi connectivity index (χ3n) is 4.65. The summed E-state index contributed by atoms with van der Waals surface area (Å²) in [5.41, 5.74) is 0.519. The summed E-state index contributed by atoms with van der Waals surface area (Å²) in [5, 5.41) is 27.2. The number of carboxylic acid groups (broad SMARTS) is 1. The number of carbonyl (C=O) groups excluding carboxylic acids is 1. The SMILES string of the molecule is Cc1c(CC(=O)N2CCC(O)(C(=O)O)CC2)nnn1-c1ccccc1. The van der Waals surface area contributed by atoms with Gasteiger partial charge in [-0.2, -0.15) is 0 Å². The number of hydrogen-bond acceptors (Lipinski definition) is 5. The van der Waals surface area contributed by atoms with Crippen molar-refractivity contribution in [1.29, 1.82) is 0 Å². The van der Waals surface area contributed by atoms with Crippen LogP contribution in [0.4, 0.5) is 0 Å². The van der Waals surface area contributed by atoms with Crippen molar-refractivity contribution in [1.82, 2.24) is 19.9 Å². The van der Waals surface area contributed by atoms with Gasteiger partial charge >= 0.3 is 5.97 Å². The van der Waals surface area contributed by atoms with Crippen molar-refractivity contribution < 1.29 is 19.8 Å². The molecule has 2 N–H and O–H groups in total. The molecule has 0 aliphatic carbocycles. The number of aromatic nitrogens is 3. The van der Waals surface area contributed by atoms with Crippen LogP contribution in [0.15, 0.2) is 30.3 Å². The van der Waals surface area contributed by atoms with Gasteiger partial charge in [-0.3, -0.25) is 4.79 Å². The van der Waals surface area contributed by atoms with Gasteiger partial charge in [0.15, 0.2) is 5.60 Å². The van der Waals surface area contributed by atoms with Crippen molar-refractivity contribution >= 4 is 11.9 Å². The molecular weight excluding hydrogens is 324 g/mol. The van der Waals surface area contributed by atoms with E-state index in [2.05, 4.69) is 10.3 Å². The Kier molecular flexibility index (Phi) is 4.54. The molecule has 0 atom stereocenters. The maximum absolute atomic E-state index is 12.5. The van der Waals surface area contributed by atoms with Crippen molar-refractivity contribution in [2.24, 2.45) is 0 Å². The van der Waals surface area contributed by atoms with Crippen LogP contribution in [0.2, 0.25) is 0 Å². The van der Waals surface area contributed by atoms with E-state index in [4.69, 9.17) is 5.11 Å². The van der Waals surface area contributed by atoms with Crippen molar-refractivity contribution in [3.8, 4) is 5.69 Å². The summed E-state index contributed by atoms with van der Waals surface area (Å²) in [6.07, 6.45) is 0.164. The van der Waals surface area contributed by atoms with Crippen LogP contribution in [0, 0.1) is 6.92 Å². The quantitative estimate of drug-likeness (QED) is 0.839. The van der Waals surface area contributed by atoms with Crippen LogP contribution in [0.25, 0.3) is 5.69 Å². The molecule has 0 bridgehead atoms. The topological polar surface area (TPSA) is 109 Å². The summed E-state index contributed by atoms with van der Waals surface area (Å²) in [7, 11) is 0. The molecule has 2 heterocycles. The molecule has 0 spiro atoms. The van der Waals surface area contributed by atoms with E-state index in [1.165, 1.54) is 0 Å². The average Bonchev–Trinajstić information content (AvgIpc) is 2.97. The fraction of sp³-hybridized carbons (Fsp3) is 0.412. The highest BCUT2D eigenvalue weighted by Crippen LogP contribution is 2.23. The molecule has 1 aliphatic heterocycles. The van der Waals surface area contributed by atoms with Crippen molar-refractivity contribution in [3.63, 3.8) is 0 Å². The monoisotopic (exact) mass is 344 g/mol. The Hall–Kier alpha value is -2.74. The number of likely N-dealkylation sites (tertiary alicyclic amines) is 1. The second kappa shape index (κ2) is 6.64. The highest BCUT2D eigenvalue weighted by Gasteiger charge is 2.40. The number of aliphatic carboxylic acids is 1. The molecule has 1 saturated heterocycles. The Morgan fingerprint density at radius 1 is 1.20 bits per heavy atom. The van der Waals surface area contributed by atoms with Gasteiger partial charge in [-0.1, -0.05) is 23.4 Å². The van der Waals surface area contributed by atoms with Crippen LogP contribution in [-0.4, -0.2) is 60.7 Å². The molecular formula is C17H20N4O4. The molecule has 1 fully saturated rings. The Morgan fingerprint density at radius 2 is 1.84 bits per heavy atom. The van der Waals surface area contributed by atoms with E-state index in [-0.39, 0.29) is 38.3 Å². The zero-order chi connectivity index (χ0) is 18.0. The van der Waals surface area contributed by atoms with Crippen molar-refractivity contribution in [2.75, 3.05) is 13.1 Å². The average molecular weight is 344 g/mol. The number of carbonyl (C=O) groups is 2. The van der Waals surface area contributed by atoms with Gasteiger partial charge in [0.05, 0.1) is 23.5 Å². The molecule has 8 nitrogen and oxygen atoms in total. The minimum absolute atomic E-state index is 0.0315. The highest BCUT2D eigenvalue weighted by atomic mass is 16.4. The summed E-state index contributed by atoms with van der Waals surface area (Å²) in [6.45, 7) is 2.29. The van der Waals surface area contributed by atoms with Gasteiger partial charge in [0.25, 0.3) is 0 Å². The summed E-state index contributed by atoms with van der Waals surface area (Å²) >= 11 is 0. The molecule has 0 unspecified atom stereocenters. The van der Waals surface area contributed by atoms with Gasteiger partial charge in [-0.15, -0.1) is 5.10 Å². The molecule has 0 saturated carbocycles. The standard InChI is InChI=1S/C17H20N4O4/c1-12-14(18-19-21(12)13-5-3-2-4-6-13)11-15(22)20-9-7-17(25,8-10-20)16(23)24/h2-6,25H,7-11H2,1H3,(H,23,24). The van der Waals surface area contributed by atoms with E-state index in [0.717, 1.165) is 11.4 Å². The third-order valence-corrected chi connectivity index (χ3v) is 4.65. The van der Waals surface area contributed by atoms with Crippen LogP contribution in [0.5, 0.6) is 0 Å². The van der Waals surface area contributed by atoms with E-state index in [9.17, 15) is 14.7 Å². The normalized spacial score (nSPS) is 16.6. The lowest BCUT2D eigenvalue weighted by atomic mass is 9.91. The second-order valence-corrected chi connectivity index (χ2v) is 6.26. The Labute approximate surface area is 144 Å². The maximum atomic E-state index is 12.5. The van der Waals surface area contributed by atoms with E-state index in [1.807, 2.05) is 37.3 Å².